The van der Waals surface area contributed by atoms with E-state index in [0.717, 1.165) is 10.9 Å². The molecule has 0 atom stereocenters. The smallest absolute Gasteiger partial charge is 0.244 e. The zero-order chi connectivity index (χ0) is 18.2. The van der Waals surface area contributed by atoms with Crippen molar-refractivity contribution in [3.05, 3.63) is 52.5 Å². The van der Waals surface area contributed by atoms with Gasteiger partial charge in [-0.05, 0) is 60.0 Å². The summed E-state index contributed by atoms with van der Waals surface area (Å²) in [5.74, 6) is -0.631. The molecule has 2 aromatic rings. The van der Waals surface area contributed by atoms with Crippen LogP contribution in [-0.4, -0.2) is 34.9 Å². The zero-order valence-electron chi connectivity index (χ0n) is 14.2. The van der Waals surface area contributed by atoms with Crippen LogP contribution in [0.15, 0.2) is 41.1 Å². The van der Waals surface area contributed by atoms with Gasteiger partial charge >= 0.3 is 0 Å². The van der Waals surface area contributed by atoms with E-state index < -0.39 is 5.82 Å². The summed E-state index contributed by atoms with van der Waals surface area (Å²) in [4.78, 5) is 11.7. The second kappa shape index (κ2) is 9.48. The molecule has 1 heterocycles. The third-order valence-electron chi connectivity index (χ3n) is 3.27. The van der Waals surface area contributed by atoms with Gasteiger partial charge in [-0.15, -0.1) is 0 Å². The van der Waals surface area contributed by atoms with E-state index in [1.807, 2.05) is 13.8 Å². The van der Waals surface area contributed by atoms with Crippen molar-refractivity contribution in [2.45, 2.75) is 26.4 Å². The average molecular weight is 410 g/mol. The summed E-state index contributed by atoms with van der Waals surface area (Å²) >= 11 is 3.28. The van der Waals surface area contributed by atoms with Crippen LogP contribution in [0.5, 0.6) is 0 Å². The lowest BCUT2D eigenvalue weighted by Crippen LogP contribution is -2.23. The van der Waals surface area contributed by atoms with E-state index in [4.69, 9.17) is 4.74 Å². The number of ether oxygens (including phenoxy) is 1. The molecule has 0 bridgehead atoms. The summed E-state index contributed by atoms with van der Waals surface area (Å²) in [5, 5.41) is 6.81. The van der Waals surface area contributed by atoms with Gasteiger partial charge < -0.3 is 10.1 Å². The van der Waals surface area contributed by atoms with Crippen LogP contribution in [0.1, 0.15) is 25.8 Å². The Morgan fingerprint density at radius 2 is 2.28 bits per heavy atom. The molecular weight excluding hydrogens is 389 g/mol. The highest BCUT2D eigenvalue weighted by atomic mass is 79.9. The lowest BCUT2D eigenvalue weighted by Gasteiger charge is -2.07. The fourth-order valence-electron chi connectivity index (χ4n) is 2.08. The standard InChI is InChI=1S/C18H21BrFN3O2/c1-13(2)25-9-3-8-21-18(24)7-5-14-4-6-17(16(20)10-14)23-12-15(19)11-22-23/h4-7,10-13H,3,8-9H2,1-2H3,(H,21,24)/b7-5+. The Labute approximate surface area is 155 Å². The Morgan fingerprint density at radius 1 is 1.48 bits per heavy atom. The molecule has 134 valence electrons. The molecule has 0 aliphatic rings. The first-order valence-corrected chi connectivity index (χ1v) is 8.82. The number of nitrogens with zero attached hydrogens (tertiary/aromatic N) is 2. The SMILES string of the molecule is CC(C)OCCCNC(=O)/C=C/c1ccc(-n2cc(Br)cn2)c(F)c1. The zero-order valence-corrected chi connectivity index (χ0v) is 15.8. The van der Waals surface area contributed by atoms with Crippen LogP contribution < -0.4 is 5.32 Å². The maximum atomic E-state index is 14.2. The van der Waals surface area contributed by atoms with Crippen LogP contribution in [-0.2, 0) is 9.53 Å². The van der Waals surface area contributed by atoms with E-state index in [0.29, 0.717) is 24.4 Å². The van der Waals surface area contributed by atoms with Crippen molar-refractivity contribution in [2.75, 3.05) is 13.2 Å². The molecule has 25 heavy (non-hydrogen) atoms. The predicted molar refractivity (Wildman–Crippen MR) is 99.0 cm³/mol. The molecule has 0 radical (unpaired) electrons. The summed E-state index contributed by atoms with van der Waals surface area (Å²) < 4.78 is 21.8. The first-order valence-electron chi connectivity index (χ1n) is 8.03. The minimum absolute atomic E-state index is 0.191. The second-order valence-corrected chi connectivity index (χ2v) is 6.63. The van der Waals surface area contributed by atoms with E-state index in [9.17, 15) is 9.18 Å². The Morgan fingerprint density at radius 3 is 2.92 bits per heavy atom. The van der Waals surface area contributed by atoms with E-state index in [1.165, 1.54) is 16.8 Å². The van der Waals surface area contributed by atoms with Crippen molar-refractivity contribution in [3.8, 4) is 5.69 Å². The molecule has 1 aromatic carbocycles. The average Bonchev–Trinajstić information content (AvgIpc) is 2.98. The van der Waals surface area contributed by atoms with Gasteiger partial charge in [-0.3, -0.25) is 4.79 Å². The fourth-order valence-corrected chi connectivity index (χ4v) is 2.36. The monoisotopic (exact) mass is 409 g/mol. The second-order valence-electron chi connectivity index (χ2n) is 5.71. The third-order valence-corrected chi connectivity index (χ3v) is 3.68. The lowest BCUT2D eigenvalue weighted by molar-refractivity contribution is -0.116. The van der Waals surface area contributed by atoms with Gasteiger partial charge in [-0.25, -0.2) is 9.07 Å². The molecule has 0 aliphatic carbocycles. The van der Waals surface area contributed by atoms with E-state index in [1.54, 1.807) is 30.6 Å². The van der Waals surface area contributed by atoms with E-state index in [-0.39, 0.29) is 12.0 Å². The van der Waals surface area contributed by atoms with Gasteiger partial charge in [0.2, 0.25) is 5.91 Å². The topological polar surface area (TPSA) is 56.1 Å². The van der Waals surface area contributed by atoms with Crippen molar-refractivity contribution >= 4 is 27.9 Å². The highest BCUT2D eigenvalue weighted by Gasteiger charge is 2.06. The Hall–Kier alpha value is -1.99. The number of rotatable bonds is 8. The van der Waals surface area contributed by atoms with E-state index in [2.05, 4.69) is 26.3 Å². The molecule has 1 aromatic heterocycles. The number of amides is 1. The maximum absolute atomic E-state index is 14.2. The summed E-state index contributed by atoms with van der Waals surface area (Å²) in [6.45, 7) is 5.09. The van der Waals surface area contributed by atoms with Crippen LogP contribution in [0.2, 0.25) is 0 Å². The van der Waals surface area contributed by atoms with Crippen LogP contribution >= 0.6 is 15.9 Å². The summed E-state index contributed by atoms with van der Waals surface area (Å²) in [5.41, 5.74) is 0.947. The highest BCUT2D eigenvalue weighted by molar-refractivity contribution is 9.10. The van der Waals surface area contributed by atoms with Crippen LogP contribution in [0.4, 0.5) is 4.39 Å². The first kappa shape index (κ1) is 19.3. The molecule has 5 nitrogen and oxygen atoms in total. The number of hydrogen-bond donors (Lipinski definition) is 1. The van der Waals surface area contributed by atoms with Gasteiger partial charge in [0.05, 0.1) is 16.8 Å². The van der Waals surface area contributed by atoms with Gasteiger partial charge in [0.1, 0.15) is 11.5 Å². The van der Waals surface area contributed by atoms with Gasteiger partial charge in [0.15, 0.2) is 0 Å². The number of hydrogen-bond acceptors (Lipinski definition) is 3. The molecule has 7 heteroatoms. The Balaban J connectivity index is 1.86. The Kier molecular flexibility index (Phi) is 7.33. The molecule has 1 amide bonds. The van der Waals surface area contributed by atoms with Gasteiger partial charge in [-0.2, -0.15) is 5.10 Å². The molecular formula is C18H21BrFN3O2. The number of carbonyl (C=O) groups is 1. The minimum Gasteiger partial charge on any atom is -0.379 e. The first-order chi connectivity index (χ1) is 12.0. The predicted octanol–water partition coefficient (Wildman–Crippen LogP) is 3.72. The molecule has 0 unspecified atom stereocenters. The number of aromatic nitrogens is 2. The van der Waals surface area contributed by atoms with Crippen molar-refractivity contribution in [1.82, 2.24) is 15.1 Å². The molecule has 2 rings (SSSR count). The van der Waals surface area contributed by atoms with Crippen LogP contribution in [0.25, 0.3) is 11.8 Å². The molecule has 1 N–H and O–H groups in total. The quantitative estimate of drug-likeness (QED) is 0.533. The minimum atomic E-state index is -0.413. The summed E-state index contributed by atoms with van der Waals surface area (Å²) in [7, 11) is 0. The molecule has 0 aliphatic heterocycles. The van der Waals surface area contributed by atoms with Gasteiger partial charge in [0, 0.05) is 25.4 Å². The number of benzene rings is 1. The molecule has 0 spiro atoms. The van der Waals surface area contributed by atoms with Crippen LogP contribution in [0, 0.1) is 5.82 Å². The molecule has 0 saturated carbocycles. The maximum Gasteiger partial charge on any atom is 0.244 e. The van der Waals surface area contributed by atoms with Crippen LogP contribution in [0.3, 0.4) is 0 Å². The lowest BCUT2D eigenvalue weighted by atomic mass is 10.2. The van der Waals surface area contributed by atoms with Crippen molar-refractivity contribution in [1.29, 1.82) is 0 Å². The van der Waals surface area contributed by atoms with Gasteiger partial charge in [0.25, 0.3) is 0 Å². The number of carbonyl (C=O) groups excluding carboxylic acids is 1. The molecule has 0 saturated heterocycles. The van der Waals surface area contributed by atoms with E-state index >= 15 is 0 Å². The normalized spacial score (nSPS) is 11.4. The highest BCUT2D eigenvalue weighted by Crippen LogP contribution is 2.17. The third kappa shape index (κ3) is 6.43. The van der Waals surface area contributed by atoms with Gasteiger partial charge in [-0.1, -0.05) is 6.07 Å². The Bertz CT molecular complexity index is 744. The van der Waals surface area contributed by atoms with Crippen molar-refractivity contribution in [3.63, 3.8) is 0 Å². The summed E-state index contributed by atoms with van der Waals surface area (Å²) in [6.07, 6.45) is 7.17. The fraction of sp³-hybridized carbons (Fsp3) is 0.333. The van der Waals surface area contributed by atoms with Crippen molar-refractivity contribution < 1.29 is 13.9 Å². The summed E-state index contributed by atoms with van der Waals surface area (Å²) in [6, 6.07) is 4.72. The largest absolute Gasteiger partial charge is 0.379 e. The number of nitrogens with one attached hydrogen (secondary N) is 1. The van der Waals surface area contributed by atoms with Crippen molar-refractivity contribution in [2.24, 2.45) is 0 Å². The number of halogens is 2. The molecule has 0 fully saturated rings.